The lowest BCUT2D eigenvalue weighted by atomic mass is 10.3. The molecule has 0 spiro atoms. The number of rotatable bonds is 4. The molecule has 0 amide bonds. The first-order chi connectivity index (χ1) is 8.81. The Morgan fingerprint density at radius 3 is 2.89 bits per heavy atom. The minimum Gasteiger partial charge on any atom is -0.494 e. The van der Waals surface area contributed by atoms with Gasteiger partial charge >= 0.3 is 6.01 Å². The summed E-state index contributed by atoms with van der Waals surface area (Å²) in [6.07, 6.45) is 1.48. The summed E-state index contributed by atoms with van der Waals surface area (Å²) < 4.78 is 10.8. The van der Waals surface area contributed by atoms with Crippen molar-refractivity contribution >= 4 is 0 Å². The van der Waals surface area contributed by atoms with E-state index < -0.39 is 0 Å². The Morgan fingerprint density at radius 1 is 1.28 bits per heavy atom. The van der Waals surface area contributed by atoms with Crippen molar-refractivity contribution < 1.29 is 9.47 Å². The van der Waals surface area contributed by atoms with Crippen molar-refractivity contribution in [3.63, 3.8) is 0 Å². The van der Waals surface area contributed by atoms with Crippen molar-refractivity contribution in [1.82, 2.24) is 9.97 Å². The average Bonchev–Trinajstić information content (AvgIpc) is 2.40. The summed E-state index contributed by atoms with van der Waals surface area (Å²) in [5, 5.41) is 8.73. The van der Waals surface area contributed by atoms with E-state index in [0.717, 1.165) is 0 Å². The molecule has 18 heavy (non-hydrogen) atoms. The zero-order chi connectivity index (χ0) is 12.8. The van der Waals surface area contributed by atoms with Crippen LogP contribution in [-0.2, 0) is 0 Å². The molecule has 2 rings (SSSR count). The lowest BCUT2D eigenvalue weighted by Crippen LogP contribution is -1.95. The van der Waals surface area contributed by atoms with Crippen LogP contribution in [0.1, 0.15) is 12.6 Å². The van der Waals surface area contributed by atoms with Crippen LogP contribution in [0, 0.1) is 11.3 Å². The van der Waals surface area contributed by atoms with Gasteiger partial charge in [-0.2, -0.15) is 10.2 Å². The molecule has 0 atom stereocenters. The molecule has 0 bridgehead atoms. The molecule has 5 heteroatoms. The smallest absolute Gasteiger partial charge is 0.323 e. The fourth-order valence-corrected chi connectivity index (χ4v) is 1.35. The minimum atomic E-state index is 0.141. The summed E-state index contributed by atoms with van der Waals surface area (Å²) >= 11 is 0. The van der Waals surface area contributed by atoms with Crippen molar-refractivity contribution in [2.45, 2.75) is 6.92 Å². The van der Waals surface area contributed by atoms with Gasteiger partial charge < -0.3 is 9.47 Å². The van der Waals surface area contributed by atoms with E-state index in [0.29, 0.717) is 18.1 Å². The molecule has 2 aromatic rings. The van der Waals surface area contributed by atoms with Crippen molar-refractivity contribution in [3.05, 3.63) is 42.2 Å². The van der Waals surface area contributed by atoms with E-state index in [2.05, 4.69) is 9.97 Å². The second-order valence-electron chi connectivity index (χ2n) is 3.35. The molecule has 0 saturated heterocycles. The summed E-state index contributed by atoms with van der Waals surface area (Å²) in [5.41, 5.74) is 0.265. The predicted molar refractivity (Wildman–Crippen MR) is 64.4 cm³/mol. The number of benzene rings is 1. The maximum absolute atomic E-state index is 8.73. The van der Waals surface area contributed by atoms with Crippen LogP contribution in [0.25, 0.3) is 0 Å². The van der Waals surface area contributed by atoms with Gasteiger partial charge in [-0.25, -0.2) is 4.98 Å². The molecule has 0 N–H and O–H groups in total. The molecular formula is C13H11N3O2. The molecule has 0 aliphatic heterocycles. The van der Waals surface area contributed by atoms with Crippen LogP contribution in [-0.4, -0.2) is 16.6 Å². The Bertz CT molecular complexity index is 578. The molecule has 0 radical (unpaired) electrons. The zero-order valence-corrected chi connectivity index (χ0v) is 9.83. The van der Waals surface area contributed by atoms with Crippen molar-refractivity contribution in [1.29, 1.82) is 5.26 Å². The van der Waals surface area contributed by atoms with Gasteiger partial charge in [-0.15, -0.1) is 0 Å². The lowest BCUT2D eigenvalue weighted by Gasteiger charge is -2.06. The standard InChI is InChI=1S/C13H11N3O2/c1-2-17-11-4-3-5-12(8-11)18-13-15-7-6-10(9-14)16-13/h3-8H,2H2,1H3. The van der Waals surface area contributed by atoms with E-state index in [9.17, 15) is 0 Å². The number of hydrogen-bond donors (Lipinski definition) is 0. The summed E-state index contributed by atoms with van der Waals surface area (Å²) in [6.45, 7) is 2.50. The van der Waals surface area contributed by atoms with Crippen LogP contribution in [0.5, 0.6) is 17.5 Å². The third-order valence-electron chi connectivity index (χ3n) is 2.07. The zero-order valence-electron chi connectivity index (χ0n) is 9.83. The van der Waals surface area contributed by atoms with E-state index in [1.807, 2.05) is 25.1 Å². The summed E-state index contributed by atoms with van der Waals surface area (Å²) in [7, 11) is 0. The first-order valence-electron chi connectivity index (χ1n) is 5.45. The third kappa shape index (κ3) is 2.95. The Kier molecular flexibility index (Phi) is 3.72. The molecule has 1 aromatic heterocycles. The number of nitrogens with zero attached hydrogens (tertiary/aromatic N) is 3. The summed E-state index contributed by atoms with van der Waals surface area (Å²) in [4.78, 5) is 7.86. The highest BCUT2D eigenvalue weighted by Crippen LogP contribution is 2.22. The molecule has 1 aromatic carbocycles. The van der Waals surface area contributed by atoms with Gasteiger partial charge in [0.15, 0.2) is 0 Å². The maximum Gasteiger partial charge on any atom is 0.323 e. The SMILES string of the molecule is CCOc1cccc(Oc2nccc(C#N)n2)c1. The Balaban J connectivity index is 2.18. The second-order valence-corrected chi connectivity index (χ2v) is 3.35. The van der Waals surface area contributed by atoms with Crippen molar-refractivity contribution in [2.75, 3.05) is 6.61 Å². The van der Waals surface area contributed by atoms with Crippen LogP contribution in [0.4, 0.5) is 0 Å². The van der Waals surface area contributed by atoms with Crippen LogP contribution < -0.4 is 9.47 Å². The number of hydrogen-bond acceptors (Lipinski definition) is 5. The number of nitriles is 1. The fourth-order valence-electron chi connectivity index (χ4n) is 1.35. The topological polar surface area (TPSA) is 68.0 Å². The fraction of sp³-hybridized carbons (Fsp3) is 0.154. The molecule has 0 fully saturated rings. The summed E-state index contributed by atoms with van der Waals surface area (Å²) in [6, 6.07) is 10.7. The summed E-state index contributed by atoms with van der Waals surface area (Å²) in [5.74, 6) is 1.28. The molecule has 5 nitrogen and oxygen atoms in total. The van der Waals surface area contributed by atoms with Crippen molar-refractivity contribution in [2.24, 2.45) is 0 Å². The monoisotopic (exact) mass is 241 g/mol. The third-order valence-corrected chi connectivity index (χ3v) is 2.07. The number of aromatic nitrogens is 2. The van der Waals surface area contributed by atoms with Crippen LogP contribution in [0.2, 0.25) is 0 Å². The molecule has 0 unspecified atom stereocenters. The lowest BCUT2D eigenvalue weighted by molar-refractivity contribution is 0.337. The van der Waals surface area contributed by atoms with Crippen molar-refractivity contribution in [3.8, 4) is 23.6 Å². The molecular weight excluding hydrogens is 230 g/mol. The maximum atomic E-state index is 8.73. The largest absolute Gasteiger partial charge is 0.494 e. The van der Waals surface area contributed by atoms with Gasteiger partial charge in [0.1, 0.15) is 23.3 Å². The van der Waals surface area contributed by atoms with E-state index in [4.69, 9.17) is 14.7 Å². The highest BCUT2D eigenvalue weighted by molar-refractivity contribution is 5.34. The van der Waals surface area contributed by atoms with Crippen LogP contribution in [0.3, 0.4) is 0 Å². The van der Waals surface area contributed by atoms with Gasteiger partial charge in [0.2, 0.25) is 0 Å². The van der Waals surface area contributed by atoms with Gasteiger partial charge in [-0.3, -0.25) is 0 Å². The first kappa shape index (κ1) is 11.9. The molecule has 90 valence electrons. The van der Waals surface area contributed by atoms with E-state index in [1.54, 1.807) is 12.1 Å². The quantitative estimate of drug-likeness (QED) is 0.822. The highest BCUT2D eigenvalue weighted by atomic mass is 16.5. The molecule has 0 saturated carbocycles. The van der Waals surface area contributed by atoms with E-state index in [-0.39, 0.29) is 11.7 Å². The average molecular weight is 241 g/mol. The normalized spacial score (nSPS) is 9.56. The molecule has 1 heterocycles. The van der Waals surface area contributed by atoms with Gasteiger partial charge in [-0.05, 0) is 25.1 Å². The van der Waals surface area contributed by atoms with Gasteiger partial charge in [-0.1, -0.05) is 6.07 Å². The highest BCUT2D eigenvalue weighted by Gasteiger charge is 2.03. The molecule has 0 aliphatic rings. The van der Waals surface area contributed by atoms with Crippen LogP contribution >= 0.6 is 0 Å². The van der Waals surface area contributed by atoms with Crippen LogP contribution in [0.15, 0.2) is 36.5 Å². The predicted octanol–water partition coefficient (Wildman–Crippen LogP) is 2.54. The number of ether oxygens (including phenoxy) is 2. The second kappa shape index (κ2) is 5.64. The van der Waals surface area contributed by atoms with E-state index >= 15 is 0 Å². The van der Waals surface area contributed by atoms with E-state index in [1.165, 1.54) is 12.3 Å². The first-order valence-corrected chi connectivity index (χ1v) is 5.45. The minimum absolute atomic E-state index is 0.141. The van der Waals surface area contributed by atoms with Gasteiger partial charge in [0.25, 0.3) is 0 Å². The van der Waals surface area contributed by atoms with Gasteiger partial charge in [0, 0.05) is 12.3 Å². The van der Waals surface area contributed by atoms with Gasteiger partial charge in [0.05, 0.1) is 6.61 Å². The Hall–Kier alpha value is -2.61. The Labute approximate surface area is 105 Å². The molecule has 0 aliphatic carbocycles. The Morgan fingerprint density at radius 2 is 2.11 bits per heavy atom.